The highest BCUT2D eigenvalue weighted by Gasteiger charge is 2.39. The van der Waals surface area contributed by atoms with Gasteiger partial charge in [0.1, 0.15) is 22.2 Å². The zero-order valence-corrected chi connectivity index (χ0v) is 23.4. The van der Waals surface area contributed by atoms with Gasteiger partial charge in [-0.3, -0.25) is 4.57 Å². The van der Waals surface area contributed by atoms with Crippen LogP contribution in [0.15, 0.2) is 53.3 Å². The van der Waals surface area contributed by atoms with E-state index < -0.39 is 40.3 Å². The van der Waals surface area contributed by atoms with Crippen LogP contribution in [0.3, 0.4) is 0 Å². The van der Waals surface area contributed by atoms with Crippen LogP contribution in [0.25, 0.3) is 17.1 Å². The van der Waals surface area contributed by atoms with Crippen LogP contribution in [0.2, 0.25) is 10.0 Å². The SMILES string of the molecule is CC(CS(C)(=O)=O)c1nc(Cn2nc(-c3ccc(Cl)cc3)n(C[C@H](O)C(F)(F)F)c2=O)nn1-c1ccccc1Cl. The average molecular weight is 619 g/mol. The van der Waals surface area contributed by atoms with Crippen LogP contribution in [0.5, 0.6) is 0 Å². The van der Waals surface area contributed by atoms with Crippen molar-refractivity contribution >= 4 is 33.0 Å². The van der Waals surface area contributed by atoms with E-state index in [9.17, 15) is 31.5 Å². The molecule has 0 aliphatic rings. The molecule has 4 aromatic rings. The lowest BCUT2D eigenvalue weighted by atomic mass is 10.2. The molecule has 16 heteroatoms. The lowest BCUT2D eigenvalue weighted by Gasteiger charge is -2.15. The lowest BCUT2D eigenvalue weighted by molar-refractivity contribution is -0.207. The quantitative estimate of drug-likeness (QED) is 0.303. The predicted molar refractivity (Wildman–Crippen MR) is 143 cm³/mol. The van der Waals surface area contributed by atoms with Gasteiger partial charge >= 0.3 is 11.9 Å². The summed E-state index contributed by atoms with van der Waals surface area (Å²) in [7, 11) is -3.41. The Morgan fingerprint density at radius 3 is 2.30 bits per heavy atom. The normalized spacial score (nSPS) is 13.9. The molecule has 1 unspecified atom stereocenters. The van der Waals surface area contributed by atoms with Crippen LogP contribution in [0, 0.1) is 0 Å². The first-order valence-corrected chi connectivity index (χ1v) is 14.5. The highest BCUT2D eigenvalue weighted by molar-refractivity contribution is 7.90. The fourth-order valence-corrected chi connectivity index (χ4v) is 5.41. The van der Waals surface area contributed by atoms with Gasteiger partial charge in [0.05, 0.1) is 23.0 Å². The second-order valence-electron chi connectivity index (χ2n) is 9.18. The summed E-state index contributed by atoms with van der Waals surface area (Å²) in [5, 5.41) is 19.0. The highest BCUT2D eigenvalue weighted by atomic mass is 35.5. The third-order valence-corrected chi connectivity index (χ3v) is 7.48. The number of hydrogen-bond acceptors (Lipinski definition) is 7. The van der Waals surface area contributed by atoms with Gasteiger partial charge in [0.25, 0.3) is 0 Å². The molecule has 2 aromatic carbocycles. The third-order valence-electron chi connectivity index (χ3n) is 5.80. The second-order valence-corrected chi connectivity index (χ2v) is 12.2. The Balaban J connectivity index is 1.80. The summed E-state index contributed by atoms with van der Waals surface area (Å²) in [6.07, 6.45) is -6.71. The molecule has 0 bridgehead atoms. The van der Waals surface area contributed by atoms with E-state index in [1.807, 2.05) is 0 Å². The molecule has 0 saturated carbocycles. The standard InChI is InChI=1S/C24H23Cl2F3N6O4S/c1-14(13-40(2,38)39)21-30-20(31-35(21)18-6-4-3-5-17(18)26)12-34-23(37)33(11-19(36)24(27,28)29)22(32-34)15-7-9-16(25)10-8-15/h3-10,14,19,36H,11-13H2,1-2H3/t14?,19-/m0/s1. The largest absolute Gasteiger partial charge is 0.416 e. The van der Waals surface area contributed by atoms with Gasteiger partial charge in [0, 0.05) is 22.8 Å². The van der Waals surface area contributed by atoms with Gasteiger partial charge in [-0.2, -0.15) is 13.2 Å². The number of aromatic nitrogens is 6. The molecule has 0 aliphatic carbocycles. The van der Waals surface area contributed by atoms with E-state index >= 15 is 0 Å². The van der Waals surface area contributed by atoms with E-state index in [0.717, 1.165) is 10.9 Å². The number of nitrogens with zero attached hydrogens (tertiary/aromatic N) is 6. The third kappa shape index (κ3) is 6.74. The maximum absolute atomic E-state index is 13.2. The maximum atomic E-state index is 13.2. The van der Waals surface area contributed by atoms with E-state index in [1.54, 1.807) is 31.2 Å². The Hall–Kier alpha value is -3.20. The van der Waals surface area contributed by atoms with Gasteiger partial charge in [-0.25, -0.2) is 27.6 Å². The molecule has 0 spiro atoms. The average Bonchev–Trinajstić information content (AvgIpc) is 3.40. The van der Waals surface area contributed by atoms with Gasteiger partial charge in [-0.1, -0.05) is 42.3 Å². The van der Waals surface area contributed by atoms with E-state index in [2.05, 4.69) is 15.2 Å². The number of sulfone groups is 1. The molecule has 2 heterocycles. The van der Waals surface area contributed by atoms with Crippen molar-refractivity contribution in [3.05, 3.63) is 80.7 Å². The maximum Gasteiger partial charge on any atom is 0.416 e. The molecular formula is C24H23Cl2F3N6O4S. The van der Waals surface area contributed by atoms with E-state index in [4.69, 9.17) is 23.2 Å². The number of para-hydroxylation sites is 1. The molecule has 4 rings (SSSR count). The molecule has 0 saturated heterocycles. The van der Waals surface area contributed by atoms with E-state index in [-0.39, 0.29) is 35.3 Å². The van der Waals surface area contributed by atoms with Gasteiger partial charge in [0.2, 0.25) is 0 Å². The second kappa shape index (κ2) is 11.4. The lowest BCUT2D eigenvalue weighted by Crippen LogP contribution is -2.37. The minimum atomic E-state index is -4.97. The van der Waals surface area contributed by atoms with Gasteiger partial charge in [0.15, 0.2) is 17.8 Å². The van der Waals surface area contributed by atoms with Crippen molar-refractivity contribution in [3.63, 3.8) is 0 Å². The van der Waals surface area contributed by atoms with Crippen LogP contribution in [-0.2, 0) is 22.9 Å². The molecule has 10 nitrogen and oxygen atoms in total. The van der Waals surface area contributed by atoms with Crippen molar-refractivity contribution in [2.45, 2.75) is 38.2 Å². The van der Waals surface area contributed by atoms with Gasteiger partial charge < -0.3 is 5.11 Å². The number of benzene rings is 2. The van der Waals surface area contributed by atoms with Crippen molar-refractivity contribution in [2.75, 3.05) is 12.0 Å². The topological polar surface area (TPSA) is 125 Å². The number of rotatable bonds is 9. The molecule has 40 heavy (non-hydrogen) atoms. The number of hydrogen-bond donors (Lipinski definition) is 1. The molecule has 1 N–H and O–H groups in total. The summed E-state index contributed by atoms with van der Waals surface area (Å²) in [4.78, 5) is 17.7. The fraction of sp³-hybridized carbons (Fsp3) is 0.333. The van der Waals surface area contributed by atoms with Crippen molar-refractivity contribution in [3.8, 4) is 17.1 Å². The van der Waals surface area contributed by atoms with Crippen LogP contribution in [0.4, 0.5) is 13.2 Å². The van der Waals surface area contributed by atoms with Crippen LogP contribution >= 0.6 is 23.2 Å². The molecular weight excluding hydrogens is 596 g/mol. The zero-order chi connectivity index (χ0) is 29.4. The van der Waals surface area contributed by atoms with Gasteiger partial charge in [-0.05, 0) is 36.4 Å². The van der Waals surface area contributed by atoms with E-state index in [1.165, 1.54) is 28.9 Å². The monoisotopic (exact) mass is 618 g/mol. The number of aliphatic hydroxyl groups excluding tert-OH is 1. The smallest absolute Gasteiger partial charge is 0.382 e. The van der Waals surface area contributed by atoms with Gasteiger partial charge in [-0.15, -0.1) is 10.2 Å². The molecule has 0 aliphatic heterocycles. The number of alkyl halides is 3. The molecule has 0 fully saturated rings. The Morgan fingerprint density at radius 1 is 1.05 bits per heavy atom. The first kappa shape index (κ1) is 29.8. The van der Waals surface area contributed by atoms with Crippen LogP contribution in [0.1, 0.15) is 24.5 Å². The Morgan fingerprint density at radius 2 is 1.70 bits per heavy atom. The molecule has 0 radical (unpaired) electrons. The summed E-state index contributed by atoms with van der Waals surface area (Å²) < 4.78 is 66.4. The molecule has 2 aromatic heterocycles. The molecule has 214 valence electrons. The number of aliphatic hydroxyl groups is 1. The first-order valence-electron chi connectivity index (χ1n) is 11.7. The van der Waals surface area contributed by atoms with Crippen LogP contribution < -0.4 is 5.69 Å². The minimum absolute atomic E-state index is 0.0287. The molecule has 2 atom stereocenters. The highest BCUT2D eigenvalue weighted by Crippen LogP contribution is 2.26. The van der Waals surface area contributed by atoms with Crippen molar-refractivity contribution in [2.24, 2.45) is 0 Å². The Labute approximate surface area is 236 Å². The summed E-state index contributed by atoms with van der Waals surface area (Å²) in [5.74, 6) is -0.748. The van der Waals surface area contributed by atoms with Crippen molar-refractivity contribution < 1.29 is 26.7 Å². The predicted octanol–water partition coefficient (Wildman–Crippen LogP) is 3.72. The van der Waals surface area contributed by atoms with Crippen LogP contribution in [-0.4, -0.2) is 66.9 Å². The summed E-state index contributed by atoms with van der Waals surface area (Å²) in [6.45, 7) is 0.170. The van der Waals surface area contributed by atoms with E-state index in [0.29, 0.717) is 20.3 Å². The minimum Gasteiger partial charge on any atom is -0.382 e. The zero-order valence-electron chi connectivity index (χ0n) is 21.0. The number of halogens is 5. The summed E-state index contributed by atoms with van der Waals surface area (Å²) in [6, 6.07) is 12.6. The summed E-state index contributed by atoms with van der Waals surface area (Å²) in [5.41, 5.74) is -0.258. The van der Waals surface area contributed by atoms with Crippen molar-refractivity contribution in [1.29, 1.82) is 0 Å². The fourth-order valence-electron chi connectivity index (χ4n) is 4.02. The first-order chi connectivity index (χ1) is 18.6. The Kier molecular flexibility index (Phi) is 8.45. The summed E-state index contributed by atoms with van der Waals surface area (Å²) >= 11 is 12.3. The molecule has 0 amide bonds. The van der Waals surface area contributed by atoms with Crippen molar-refractivity contribution in [1.82, 2.24) is 29.1 Å². The Bertz CT molecular complexity index is 1680.